The van der Waals surface area contributed by atoms with Gasteiger partial charge in [-0.3, -0.25) is 4.79 Å². The van der Waals surface area contributed by atoms with Crippen LogP contribution in [0.3, 0.4) is 0 Å². The van der Waals surface area contributed by atoms with Crippen LogP contribution in [0.5, 0.6) is 5.75 Å². The lowest BCUT2D eigenvalue weighted by Crippen LogP contribution is -2.46. The Labute approximate surface area is 127 Å². The average Bonchev–Trinajstić information content (AvgIpc) is 2.54. The summed E-state index contributed by atoms with van der Waals surface area (Å²) in [6.07, 6.45) is 6.57. The molecule has 0 bridgehead atoms. The molecule has 1 aromatic carbocycles. The van der Waals surface area contributed by atoms with Crippen molar-refractivity contribution in [1.29, 1.82) is 0 Å². The van der Waals surface area contributed by atoms with Gasteiger partial charge in [-0.1, -0.05) is 37.5 Å². The van der Waals surface area contributed by atoms with Gasteiger partial charge in [-0.15, -0.1) is 0 Å². The smallest absolute Gasteiger partial charge is 0.223 e. The van der Waals surface area contributed by atoms with Crippen LogP contribution in [0, 0.1) is 5.92 Å². The fraction of sp³-hybridized carbons (Fsp3) is 0.588. The molecular weight excluding hydrogens is 264 g/mol. The molecule has 1 atom stereocenters. The molecule has 4 nitrogen and oxygen atoms in total. The molecule has 1 aliphatic rings. The molecule has 0 heterocycles. The normalized spacial score (nSPS) is 17.2. The van der Waals surface area contributed by atoms with Crippen molar-refractivity contribution in [3.63, 3.8) is 0 Å². The molecule has 0 spiro atoms. The largest absolute Gasteiger partial charge is 0.493 e. The second-order valence-corrected chi connectivity index (χ2v) is 5.72. The molecule has 0 aromatic heterocycles. The number of hydrogen-bond donors (Lipinski definition) is 2. The summed E-state index contributed by atoms with van der Waals surface area (Å²) in [6.45, 7) is 0.924. The quantitative estimate of drug-likeness (QED) is 0.811. The van der Waals surface area contributed by atoms with E-state index in [1.165, 1.54) is 32.1 Å². The van der Waals surface area contributed by atoms with Gasteiger partial charge in [0.05, 0.1) is 13.0 Å². The SMILES string of the molecule is NCC(NC(=O)CCOc1ccccc1)C1CCCCC1. The molecule has 116 valence electrons. The fourth-order valence-electron chi connectivity index (χ4n) is 2.96. The van der Waals surface area contributed by atoms with E-state index in [1.54, 1.807) is 0 Å². The van der Waals surface area contributed by atoms with Crippen LogP contribution in [-0.4, -0.2) is 25.1 Å². The van der Waals surface area contributed by atoms with E-state index in [4.69, 9.17) is 10.5 Å². The van der Waals surface area contributed by atoms with Gasteiger partial charge in [0.1, 0.15) is 5.75 Å². The van der Waals surface area contributed by atoms with E-state index in [0.29, 0.717) is 25.5 Å². The summed E-state index contributed by atoms with van der Waals surface area (Å²) in [5.41, 5.74) is 5.83. The van der Waals surface area contributed by atoms with Gasteiger partial charge in [0.25, 0.3) is 0 Å². The minimum absolute atomic E-state index is 0.0342. The van der Waals surface area contributed by atoms with Crippen molar-refractivity contribution >= 4 is 5.91 Å². The lowest BCUT2D eigenvalue weighted by atomic mass is 9.84. The van der Waals surface area contributed by atoms with Gasteiger partial charge in [-0.05, 0) is 30.9 Å². The van der Waals surface area contributed by atoms with Gasteiger partial charge in [0, 0.05) is 12.6 Å². The minimum Gasteiger partial charge on any atom is -0.493 e. The van der Waals surface area contributed by atoms with E-state index in [1.807, 2.05) is 30.3 Å². The first-order valence-corrected chi connectivity index (χ1v) is 7.97. The molecule has 4 heteroatoms. The Balaban J connectivity index is 1.70. The lowest BCUT2D eigenvalue weighted by molar-refractivity contribution is -0.122. The zero-order chi connectivity index (χ0) is 14.9. The number of ether oxygens (including phenoxy) is 1. The third kappa shape index (κ3) is 5.38. The maximum absolute atomic E-state index is 12.0. The Morgan fingerprint density at radius 1 is 1.24 bits per heavy atom. The zero-order valence-corrected chi connectivity index (χ0v) is 12.6. The number of benzene rings is 1. The number of nitrogens with one attached hydrogen (secondary N) is 1. The second kappa shape index (κ2) is 8.67. The van der Waals surface area contributed by atoms with E-state index >= 15 is 0 Å². The van der Waals surface area contributed by atoms with E-state index in [2.05, 4.69) is 5.32 Å². The van der Waals surface area contributed by atoms with E-state index in [9.17, 15) is 4.79 Å². The predicted octanol–water partition coefficient (Wildman–Crippen LogP) is 2.48. The van der Waals surface area contributed by atoms with Crippen LogP contribution in [0.1, 0.15) is 38.5 Å². The molecule has 2 rings (SSSR count). The highest BCUT2D eigenvalue weighted by atomic mass is 16.5. The van der Waals surface area contributed by atoms with Crippen molar-refractivity contribution in [1.82, 2.24) is 5.32 Å². The molecule has 1 aromatic rings. The molecule has 1 aliphatic carbocycles. The van der Waals surface area contributed by atoms with E-state index < -0.39 is 0 Å². The average molecular weight is 290 g/mol. The summed E-state index contributed by atoms with van der Waals surface area (Å²) in [5, 5.41) is 3.08. The summed E-state index contributed by atoms with van der Waals surface area (Å²) in [6, 6.07) is 9.68. The summed E-state index contributed by atoms with van der Waals surface area (Å²) >= 11 is 0. The number of carbonyl (C=O) groups excluding carboxylic acids is 1. The van der Waals surface area contributed by atoms with Crippen LogP contribution < -0.4 is 15.8 Å². The van der Waals surface area contributed by atoms with Crippen molar-refractivity contribution in [3.05, 3.63) is 30.3 Å². The van der Waals surface area contributed by atoms with Crippen molar-refractivity contribution in [2.75, 3.05) is 13.2 Å². The first kappa shape index (κ1) is 15.8. The molecule has 0 aliphatic heterocycles. The standard InChI is InChI=1S/C17H26N2O2/c18-13-16(14-7-3-1-4-8-14)19-17(20)11-12-21-15-9-5-2-6-10-15/h2,5-6,9-10,14,16H,1,3-4,7-8,11-13,18H2,(H,19,20). The minimum atomic E-state index is 0.0342. The van der Waals surface area contributed by atoms with Gasteiger partial charge < -0.3 is 15.8 Å². The predicted molar refractivity (Wildman–Crippen MR) is 84.1 cm³/mol. The Kier molecular flexibility index (Phi) is 6.54. The van der Waals surface area contributed by atoms with Crippen LogP contribution in [0.2, 0.25) is 0 Å². The van der Waals surface area contributed by atoms with Crippen molar-refractivity contribution in [2.45, 2.75) is 44.6 Å². The van der Waals surface area contributed by atoms with E-state index in [-0.39, 0.29) is 11.9 Å². The maximum Gasteiger partial charge on any atom is 0.223 e. The Bertz CT molecular complexity index is 416. The third-order valence-electron chi connectivity index (χ3n) is 4.16. The Morgan fingerprint density at radius 2 is 1.95 bits per heavy atom. The molecule has 0 saturated heterocycles. The Hall–Kier alpha value is -1.55. The number of rotatable bonds is 7. The first-order chi connectivity index (χ1) is 10.3. The van der Waals surface area contributed by atoms with Crippen molar-refractivity contribution in [2.24, 2.45) is 11.7 Å². The van der Waals surface area contributed by atoms with Gasteiger partial charge >= 0.3 is 0 Å². The van der Waals surface area contributed by atoms with Gasteiger partial charge in [-0.2, -0.15) is 0 Å². The summed E-state index contributed by atoms with van der Waals surface area (Å²) < 4.78 is 5.55. The van der Waals surface area contributed by atoms with Crippen molar-refractivity contribution in [3.8, 4) is 5.75 Å². The van der Waals surface area contributed by atoms with Gasteiger partial charge in [0.15, 0.2) is 0 Å². The first-order valence-electron chi connectivity index (χ1n) is 7.97. The number of nitrogens with two attached hydrogens (primary N) is 1. The summed E-state index contributed by atoms with van der Waals surface area (Å²) in [7, 11) is 0. The number of amides is 1. The van der Waals surface area contributed by atoms with Gasteiger partial charge in [-0.25, -0.2) is 0 Å². The summed E-state index contributed by atoms with van der Waals surface area (Å²) in [4.78, 5) is 12.0. The lowest BCUT2D eigenvalue weighted by Gasteiger charge is -2.30. The summed E-state index contributed by atoms with van der Waals surface area (Å²) in [5.74, 6) is 1.38. The molecule has 1 amide bonds. The Morgan fingerprint density at radius 3 is 2.62 bits per heavy atom. The van der Waals surface area contributed by atoms with Crippen LogP contribution in [0.15, 0.2) is 30.3 Å². The van der Waals surface area contributed by atoms with Crippen molar-refractivity contribution < 1.29 is 9.53 Å². The molecule has 0 radical (unpaired) electrons. The monoisotopic (exact) mass is 290 g/mol. The van der Waals surface area contributed by atoms with Crippen LogP contribution in [0.4, 0.5) is 0 Å². The third-order valence-corrected chi connectivity index (χ3v) is 4.16. The second-order valence-electron chi connectivity index (χ2n) is 5.72. The number of hydrogen-bond acceptors (Lipinski definition) is 3. The molecule has 21 heavy (non-hydrogen) atoms. The number of para-hydroxylation sites is 1. The zero-order valence-electron chi connectivity index (χ0n) is 12.6. The fourth-order valence-corrected chi connectivity index (χ4v) is 2.96. The van der Waals surface area contributed by atoms with Crippen LogP contribution in [0.25, 0.3) is 0 Å². The highest BCUT2D eigenvalue weighted by Crippen LogP contribution is 2.26. The van der Waals surface area contributed by atoms with Gasteiger partial charge in [0.2, 0.25) is 5.91 Å². The van der Waals surface area contributed by atoms with Crippen LogP contribution >= 0.6 is 0 Å². The molecule has 1 unspecified atom stereocenters. The molecular formula is C17H26N2O2. The molecule has 1 fully saturated rings. The van der Waals surface area contributed by atoms with E-state index in [0.717, 1.165) is 5.75 Å². The highest BCUT2D eigenvalue weighted by Gasteiger charge is 2.23. The molecule has 1 saturated carbocycles. The molecule has 3 N–H and O–H groups in total. The highest BCUT2D eigenvalue weighted by molar-refractivity contribution is 5.76. The topological polar surface area (TPSA) is 64.3 Å². The van der Waals surface area contributed by atoms with Crippen LogP contribution in [-0.2, 0) is 4.79 Å². The maximum atomic E-state index is 12.0. The number of carbonyl (C=O) groups is 1.